The summed E-state index contributed by atoms with van der Waals surface area (Å²) in [4.78, 5) is 6.53. The lowest BCUT2D eigenvalue weighted by molar-refractivity contribution is -0.00545. The number of aromatic nitrogens is 1. The van der Waals surface area contributed by atoms with Crippen molar-refractivity contribution in [1.82, 2.24) is 4.98 Å². The Labute approximate surface area is 90.0 Å². The molecule has 1 aliphatic rings. The molecule has 0 unspecified atom stereocenters. The van der Waals surface area contributed by atoms with Gasteiger partial charge in [-0.25, -0.2) is 4.98 Å². The third kappa shape index (κ3) is 2.39. The second-order valence-electron chi connectivity index (χ2n) is 4.08. The summed E-state index contributed by atoms with van der Waals surface area (Å²) in [7, 11) is 0. The summed E-state index contributed by atoms with van der Waals surface area (Å²) in [6.07, 6.45) is 0.494. The minimum absolute atomic E-state index is 0.247. The lowest BCUT2D eigenvalue weighted by Crippen LogP contribution is -2.45. The van der Waals surface area contributed by atoms with Crippen molar-refractivity contribution in [3.05, 3.63) is 18.2 Å². The molecule has 4 heteroatoms. The highest BCUT2D eigenvalue weighted by atomic mass is 16.5. The third-order valence-electron chi connectivity index (χ3n) is 2.50. The number of morpholine rings is 1. The van der Waals surface area contributed by atoms with Crippen LogP contribution in [-0.2, 0) is 4.74 Å². The first-order valence-corrected chi connectivity index (χ1v) is 5.28. The van der Waals surface area contributed by atoms with Gasteiger partial charge < -0.3 is 15.4 Å². The number of ether oxygens (including phenoxy) is 1. The summed E-state index contributed by atoms with van der Waals surface area (Å²) >= 11 is 0. The molecule has 0 spiro atoms. The van der Waals surface area contributed by atoms with E-state index in [9.17, 15) is 0 Å². The van der Waals surface area contributed by atoms with Gasteiger partial charge in [-0.05, 0) is 26.0 Å². The summed E-state index contributed by atoms with van der Waals surface area (Å²) in [5.74, 6) is 1.51. The van der Waals surface area contributed by atoms with Crippen LogP contribution in [0.1, 0.15) is 13.8 Å². The van der Waals surface area contributed by atoms with Crippen molar-refractivity contribution in [2.75, 3.05) is 23.7 Å². The van der Waals surface area contributed by atoms with Crippen molar-refractivity contribution < 1.29 is 4.74 Å². The molecule has 1 aromatic rings. The van der Waals surface area contributed by atoms with Crippen molar-refractivity contribution >= 4 is 11.6 Å². The van der Waals surface area contributed by atoms with Crippen molar-refractivity contribution in [1.29, 1.82) is 0 Å². The number of nitrogens with two attached hydrogens (primary N) is 1. The van der Waals surface area contributed by atoms with E-state index in [2.05, 4.69) is 23.7 Å². The van der Waals surface area contributed by atoms with E-state index in [0.717, 1.165) is 18.9 Å². The minimum atomic E-state index is 0.247. The number of rotatable bonds is 1. The molecule has 4 nitrogen and oxygen atoms in total. The van der Waals surface area contributed by atoms with Crippen LogP contribution in [0.15, 0.2) is 18.2 Å². The molecule has 82 valence electrons. The zero-order chi connectivity index (χ0) is 10.8. The van der Waals surface area contributed by atoms with Gasteiger partial charge in [-0.2, -0.15) is 0 Å². The standard InChI is InChI=1S/C11H17N3O/c1-8-6-14(7-9(2)15-8)11-5-3-4-10(12)13-11/h3-5,8-9H,6-7H2,1-2H3,(H2,12,13)/t8-,9+. The van der Waals surface area contributed by atoms with E-state index in [1.165, 1.54) is 0 Å². The Morgan fingerprint density at radius 3 is 2.60 bits per heavy atom. The van der Waals surface area contributed by atoms with E-state index in [4.69, 9.17) is 10.5 Å². The van der Waals surface area contributed by atoms with Crippen LogP contribution in [0.25, 0.3) is 0 Å². The maximum absolute atomic E-state index is 5.67. The summed E-state index contributed by atoms with van der Waals surface area (Å²) < 4.78 is 5.67. The van der Waals surface area contributed by atoms with Gasteiger partial charge in [0.1, 0.15) is 11.6 Å². The molecule has 0 aromatic carbocycles. The molecule has 15 heavy (non-hydrogen) atoms. The van der Waals surface area contributed by atoms with E-state index in [-0.39, 0.29) is 12.2 Å². The largest absolute Gasteiger partial charge is 0.384 e. The summed E-state index contributed by atoms with van der Waals surface area (Å²) in [6.45, 7) is 5.91. The molecule has 0 saturated carbocycles. The van der Waals surface area contributed by atoms with Crippen molar-refractivity contribution in [2.24, 2.45) is 0 Å². The summed E-state index contributed by atoms with van der Waals surface area (Å²) in [5.41, 5.74) is 5.67. The van der Waals surface area contributed by atoms with Gasteiger partial charge in [0.25, 0.3) is 0 Å². The smallest absolute Gasteiger partial charge is 0.131 e. The third-order valence-corrected chi connectivity index (χ3v) is 2.50. The lowest BCUT2D eigenvalue weighted by Gasteiger charge is -2.36. The monoisotopic (exact) mass is 207 g/mol. The van der Waals surface area contributed by atoms with Crippen LogP contribution in [0.4, 0.5) is 11.6 Å². The number of nitrogens with zero attached hydrogens (tertiary/aromatic N) is 2. The molecule has 1 fully saturated rings. The Kier molecular flexibility index (Phi) is 2.77. The van der Waals surface area contributed by atoms with E-state index < -0.39 is 0 Å². The molecule has 2 atom stereocenters. The van der Waals surface area contributed by atoms with Gasteiger partial charge in [0, 0.05) is 13.1 Å². The fraction of sp³-hybridized carbons (Fsp3) is 0.545. The van der Waals surface area contributed by atoms with Crippen LogP contribution in [0.3, 0.4) is 0 Å². The van der Waals surface area contributed by atoms with Crippen LogP contribution < -0.4 is 10.6 Å². The molecule has 2 heterocycles. The Morgan fingerprint density at radius 2 is 2.00 bits per heavy atom. The molecule has 2 rings (SSSR count). The molecule has 0 amide bonds. The molecule has 0 radical (unpaired) electrons. The van der Waals surface area contributed by atoms with Crippen LogP contribution in [0.2, 0.25) is 0 Å². The van der Waals surface area contributed by atoms with Gasteiger partial charge in [0.2, 0.25) is 0 Å². The van der Waals surface area contributed by atoms with Gasteiger partial charge in [-0.15, -0.1) is 0 Å². The van der Waals surface area contributed by atoms with Crippen LogP contribution in [-0.4, -0.2) is 30.3 Å². The molecule has 1 aromatic heterocycles. The highest BCUT2D eigenvalue weighted by Crippen LogP contribution is 2.18. The average Bonchev–Trinajstić information content (AvgIpc) is 2.16. The first kappa shape index (κ1) is 10.2. The number of nitrogen functional groups attached to an aromatic ring is 1. The zero-order valence-corrected chi connectivity index (χ0v) is 9.18. The highest BCUT2D eigenvalue weighted by Gasteiger charge is 2.22. The van der Waals surface area contributed by atoms with Gasteiger partial charge in [0.15, 0.2) is 0 Å². The number of anilines is 2. The second-order valence-corrected chi connectivity index (χ2v) is 4.08. The predicted molar refractivity (Wildman–Crippen MR) is 60.9 cm³/mol. The molecule has 1 aliphatic heterocycles. The molecule has 2 N–H and O–H groups in total. The molecule has 0 bridgehead atoms. The first-order valence-electron chi connectivity index (χ1n) is 5.28. The van der Waals surface area contributed by atoms with Crippen LogP contribution >= 0.6 is 0 Å². The zero-order valence-electron chi connectivity index (χ0n) is 9.18. The number of pyridine rings is 1. The quantitative estimate of drug-likeness (QED) is 0.753. The maximum Gasteiger partial charge on any atom is 0.131 e. The number of hydrogen-bond acceptors (Lipinski definition) is 4. The fourth-order valence-corrected chi connectivity index (χ4v) is 1.98. The summed E-state index contributed by atoms with van der Waals surface area (Å²) in [6, 6.07) is 5.72. The van der Waals surface area contributed by atoms with Crippen LogP contribution in [0.5, 0.6) is 0 Å². The van der Waals surface area contributed by atoms with E-state index in [1.807, 2.05) is 12.1 Å². The SMILES string of the molecule is C[C@@H]1CN(c2cccc(N)n2)C[C@H](C)O1. The van der Waals surface area contributed by atoms with Gasteiger partial charge >= 0.3 is 0 Å². The fourth-order valence-electron chi connectivity index (χ4n) is 1.98. The van der Waals surface area contributed by atoms with Gasteiger partial charge in [-0.3, -0.25) is 0 Å². The molecule has 0 aliphatic carbocycles. The first-order chi connectivity index (χ1) is 7.15. The Morgan fingerprint density at radius 1 is 1.33 bits per heavy atom. The van der Waals surface area contributed by atoms with Crippen molar-refractivity contribution in [3.63, 3.8) is 0 Å². The average molecular weight is 207 g/mol. The normalized spacial score (nSPS) is 26.7. The lowest BCUT2D eigenvalue weighted by atomic mass is 10.2. The highest BCUT2D eigenvalue weighted by molar-refractivity contribution is 5.45. The minimum Gasteiger partial charge on any atom is -0.384 e. The molecular weight excluding hydrogens is 190 g/mol. The van der Waals surface area contributed by atoms with Crippen LogP contribution in [0, 0.1) is 0 Å². The Hall–Kier alpha value is -1.29. The molecule has 1 saturated heterocycles. The second kappa shape index (κ2) is 4.06. The topological polar surface area (TPSA) is 51.4 Å². The van der Waals surface area contributed by atoms with Crippen molar-refractivity contribution in [3.8, 4) is 0 Å². The predicted octanol–water partition coefficient (Wildman–Crippen LogP) is 1.28. The van der Waals surface area contributed by atoms with E-state index in [0.29, 0.717) is 5.82 Å². The summed E-state index contributed by atoms with van der Waals surface area (Å²) in [5, 5.41) is 0. The molecular formula is C11H17N3O. The number of hydrogen-bond donors (Lipinski definition) is 1. The van der Waals surface area contributed by atoms with Crippen molar-refractivity contribution in [2.45, 2.75) is 26.1 Å². The Balaban J connectivity index is 2.16. The van der Waals surface area contributed by atoms with E-state index >= 15 is 0 Å². The van der Waals surface area contributed by atoms with E-state index in [1.54, 1.807) is 6.07 Å². The maximum atomic E-state index is 5.67. The van der Waals surface area contributed by atoms with Gasteiger partial charge in [0.05, 0.1) is 12.2 Å². The van der Waals surface area contributed by atoms with Gasteiger partial charge in [-0.1, -0.05) is 6.07 Å². The Bertz CT molecular complexity index is 332.